The second kappa shape index (κ2) is 9.46. The van der Waals surface area contributed by atoms with Gasteiger partial charge in [-0.05, 0) is 41.0 Å². The summed E-state index contributed by atoms with van der Waals surface area (Å²) < 4.78 is 13.9. The molecule has 1 aromatic heterocycles. The first-order valence-electron chi connectivity index (χ1n) is 8.18. The third-order valence-electron chi connectivity index (χ3n) is 3.49. The highest BCUT2D eigenvalue weighted by Crippen LogP contribution is 2.34. The van der Waals surface area contributed by atoms with Crippen LogP contribution in [0.25, 0.3) is 0 Å². The van der Waals surface area contributed by atoms with Crippen molar-refractivity contribution in [3.8, 4) is 11.5 Å². The first kappa shape index (κ1) is 18.5. The number of methoxy groups -OCH3 is 1. The molecular weight excluding hydrogens is 374 g/mol. The quantitative estimate of drug-likeness (QED) is 0.659. The Morgan fingerprint density at radius 3 is 2.75 bits per heavy atom. The average Bonchev–Trinajstić information content (AvgIpc) is 3.04. The van der Waals surface area contributed by atoms with Crippen molar-refractivity contribution < 1.29 is 9.47 Å². The van der Waals surface area contributed by atoms with Crippen molar-refractivity contribution in [3.05, 3.63) is 22.2 Å². The largest absolute Gasteiger partial charge is 0.493 e. The number of nitrogens with one attached hydrogen (secondary N) is 1. The van der Waals surface area contributed by atoms with E-state index < -0.39 is 0 Å². The van der Waals surface area contributed by atoms with Crippen LogP contribution in [-0.4, -0.2) is 33.9 Å². The van der Waals surface area contributed by atoms with Gasteiger partial charge in [-0.15, -0.1) is 0 Å². The molecule has 8 heteroatoms. The summed E-state index contributed by atoms with van der Waals surface area (Å²) in [5.74, 6) is 2.12. The van der Waals surface area contributed by atoms with Gasteiger partial charge in [-0.1, -0.05) is 41.3 Å². The smallest absolute Gasteiger partial charge is 0.243 e. The summed E-state index contributed by atoms with van der Waals surface area (Å²) in [4.78, 5) is 0. The van der Waals surface area contributed by atoms with Gasteiger partial charge in [0.05, 0.1) is 13.7 Å². The molecule has 7 nitrogen and oxygen atoms in total. The number of tetrazole rings is 1. The molecule has 0 fully saturated rings. The minimum absolute atomic E-state index is 0.581. The molecule has 0 amide bonds. The van der Waals surface area contributed by atoms with Crippen LogP contribution in [0.1, 0.15) is 38.7 Å². The van der Waals surface area contributed by atoms with E-state index in [1.807, 2.05) is 12.1 Å². The highest BCUT2D eigenvalue weighted by molar-refractivity contribution is 9.10. The number of halogens is 1. The zero-order valence-corrected chi connectivity index (χ0v) is 16.0. The summed E-state index contributed by atoms with van der Waals surface area (Å²) in [6, 6.07) is 3.90. The van der Waals surface area contributed by atoms with Crippen LogP contribution in [-0.2, 0) is 13.1 Å². The number of ether oxygens (including phenoxy) is 2. The average molecular weight is 398 g/mol. The predicted molar refractivity (Wildman–Crippen MR) is 96.5 cm³/mol. The van der Waals surface area contributed by atoms with Gasteiger partial charge in [0.25, 0.3) is 0 Å². The lowest BCUT2D eigenvalue weighted by Crippen LogP contribution is -2.10. The summed E-state index contributed by atoms with van der Waals surface area (Å²) in [7, 11) is 1.64. The van der Waals surface area contributed by atoms with Crippen LogP contribution in [0.15, 0.2) is 16.6 Å². The third kappa shape index (κ3) is 4.83. The van der Waals surface area contributed by atoms with Crippen LogP contribution < -0.4 is 14.8 Å². The van der Waals surface area contributed by atoms with Crippen LogP contribution in [0.4, 0.5) is 5.95 Å². The van der Waals surface area contributed by atoms with Gasteiger partial charge in [-0.25, -0.2) is 4.68 Å². The molecule has 0 aliphatic carbocycles. The number of anilines is 1. The molecule has 1 aromatic carbocycles. The molecule has 0 atom stereocenters. The first-order valence-corrected chi connectivity index (χ1v) is 8.98. The van der Waals surface area contributed by atoms with E-state index >= 15 is 0 Å². The summed E-state index contributed by atoms with van der Waals surface area (Å²) in [6.45, 7) is 6.26. The SMILES string of the molecule is CCCCn1nnnc1NCc1cc(OC)c(OCCC)cc1Br. The molecule has 0 unspecified atom stereocenters. The van der Waals surface area contributed by atoms with Gasteiger partial charge >= 0.3 is 0 Å². The molecule has 2 aromatic rings. The van der Waals surface area contributed by atoms with Gasteiger partial charge in [0.15, 0.2) is 11.5 Å². The van der Waals surface area contributed by atoms with Crippen molar-refractivity contribution >= 4 is 21.9 Å². The van der Waals surface area contributed by atoms with Crippen LogP contribution in [0.2, 0.25) is 0 Å². The number of hydrogen-bond donors (Lipinski definition) is 1. The predicted octanol–water partition coefficient (Wildman–Crippen LogP) is 3.65. The fraction of sp³-hybridized carbons (Fsp3) is 0.562. The third-order valence-corrected chi connectivity index (χ3v) is 4.22. The monoisotopic (exact) mass is 397 g/mol. The minimum atomic E-state index is 0.581. The van der Waals surface area contributed by atoms with E-state index in [4.69, 9.17) is 9.47 Å². The Morgan fingerprint density at radius 1 is 1.21 bits per heavy atom. The minimum Gasteiger partial charge on any atom is -0.493 e. The van der Waals surface area contributed by atoms with Crippen LogP contribution >= 0.6 is 15.9 Å². The van der Waals surface area contributed by atoms with Crippen molar-refractivity contribution in [1.82, 2.24) is 20.2 Å². The Balaban J connectivity index is 2.08. The van der Waals surface area contributed by atoms with E-state index in [1.54, 1.807) is 11.8 Å². The van der Waals surface area contributed by atoms with E-state index in [1.165, 1.54) is 0 Å². The molecular formula is C16H24BrN5O2. The molecule has 0 aliphatic rings. The van der Waals surface area contributed by atoms with Gasteiger partial charge in [-0.3, -0.25) is 0 Å². The molecule has 0 aliphatic heterocycles. The molecule has 0 radical (unpaired) electrons. The van der Waals surface area contributed by atoms with Crippen LogP contribution in [0.3, 0.4) is 0 Å². The standard InChI is InChI=1S/C16H24BrN5O2/c1-4-6-7-22-16(19-20-21-22)18-11-12-9-14(23-3)15(10-13(12)17)24-8-5-2/h9-10H,4-8,11H2,1-3H3,(H,18,19,21). The lowest BCUT2D eigenvalue weighted by Gasteiger charge is -2.14. The van der Waals surface area contributed by atoms with Gasteiger partial charge in [-0.2, -0.15) is 0 Å². The zero-order chi connectivity index (χ0) is 17.4. The Labute approximate surface area is 150 Å². The molecule has 2 rings (SSSR count). The lowest BCUT2D eigenvalue weighted by molar-refractivity contribution is 0.294. The molecule has 0 saturated carbocycles. The Hall–Kier alpha value is -1.83. The number of aryl methyl sites for hydroxylation is 1. The molecule has 1 N–H and O–H groups in total. The first-order chi connectivity index (χ1) is 11.7. The van der Waals surface area contributed by atoms with Crippen molar-refractivity contribution in [2.45, 2.75) is 46.2 Å². The summed E-state index contributed by atoms with van der Waals surface area (Å²) in [6.07, 6.45) is 3.09. The van der Waals surface area contributed by atoms with E-state index in [-0.39, 0.29) is 0 Å². The molecule has 0 bridgehead atoms. The number of nitrogens with zero attached hydrogens (tertiary/aromatic N) is 4. The van der Waals surface area contributed by atoms with Crippen molar-refractivity contribution in [1.29, 1.82) is 0 Å². The number of hydrogen-bond acceptors (Lipinski definition) is 6. The lowest BCUT2D eigenvalue weighted by atomic mass is 10.2. The van der Waals surface area contributed by atoms with Crippen molar-refractivity contribution in [2.24, 2.45) is 0 Å². The normalized spacial score (nSPS) is 10.7. The molecule has 0 spiro atoms. The van der Waals surface area contributed by atoms with Gasteiger partial charge in [0.2, 0.25) is 5.95 Å². The van der Waals surface area contributed by atoms with Gasteiger partial charge in [0.1, 0.15) is 0 Å². The van der Waals surface area contributed by atoms with Crippen molar-refractivity contribution in [3.63, 3.8) is 0 Å². The van der Waals surface area contributed by atoms with Crippen LogP contribution in [0.5, 0.6) is 11.5 Å². The Kier molecular flexibility index (Phi) is 7.30. The Bertz CT molecular complexity index is 647. The van der Waals surface area contributed by atoms with E-state index in [0.717, 1.165) is 41.6 Å². The maximum absolute atomic E-state index is 5.71. The van der Waals surface area contributed by atoms with Crippen molar-refractivity contribution in [2.75, 3.05) is 19.0 Å². The highest BCUT2D eigenvalue weighted by Gasteiger charge is 2.12. The maximum atomic E-state index is 5.71. The maximum Gasteiger partial charge on any atom is 0.243 e. The number of aromatic nitrogens is 4. The van der Waals surface area contributed by atoms with E-state index in [9.17, 15) is 0 Å². The second-order valence-electron chi connectivity index (χ2n) is 5.38. The highest BCUT2D eigenvalue weighted by atomic mass is 79.9. The molecule has 0 saturated heterocycles. The number of rotatable bonds is 10. The Morgan fingerprint density at radius 2 is 2.04 bits per heavy atom. The van der Waals surface area contributed by atoms with E-state index in [0.29, 0.717) is 24.8 Å². The fourth-order valence-electron chi connectivity index (χ4n) is 2.16. The fourth-order valence-corrected chi connectivity index (χ4v) is 2.62. The van der Waals surface area contributed by atoms with Gasteiger partial charge in [0, 0.05) is 17.6 Å². The van der Waals surface area contributed by atoms with Gasteiger partial charge < -0.3 is 14.8 Å². The molecule has 1 heterocycles. The molecule has 24 heavy (non-hydrogen) atoms. The van der Waals surface area contributed by atoms with Crippen LogP contribution in [0, 0.1) is 0 Å². The van der Waals surface area contributed by atoms with E-state index in [2.05, 4.69) is 50.6 Å². The summed E-state index contributed by atoms with van der Waals surface area (Å²) in [5.41, 5.74) is 1.04. The summed E-state index contributed by atoms with van der Waals surface area (Å²) in [5, 5.41) is 15.0. The summed E-state index contributed by atoms with van der Waals surface area (Å²) >= 11 is 3.59. The number of benzene rings is 1. The topological polar surface area (TPSA) is 74.1 Å². The number of unbranched alkanes of at least 4 members (excludes halogenated alkanes) is 1. The zero-order valence-electron chi connectivity index (χ0n) is 14.4. The second-order valence-corrected chi connectivity index (χ2v) is 6.23. The molecule has 132 valence electrons.